The first-order chi connectivity index (χ1) is 15.1. The summed E-state index contributed by atoms with van der Waals surface area (Å²) in [6.07, 6.45) is 1.07. The van der Waals surface area contributed by atoms with Gasteiger partial charge in [0.15, 0.2) is 17.3 Å². The quantitative estimate of drug-likeness (QED) is 0.671. The Kier molecular flexibility index (Phi) is 4.62. The molecule has 2 aliphatic rings. The van der Waals surface area contributed by atoms with Crippen molar-refractivity contribution in [1.29, 1.82) is 0 Å². The van der Waals surface area contributed by atoms with Gasteiger partial charge in [-0.15, -0.1) is 5.10 Å². The minimum Gasteiger partial charge on any atom is -0.493 e. The summed E-state index contributed by atoms with van der Waals surface area (Å²) in [4.78, 5) is 17.8. The predicted octanol–water partition coefficient (Wildman–Crippen LogP) is 3.29. The lowest BCUT2D eigenvalue weighted by molar-refractivity contribution is -0.116. The number of fused-ring (bicyclic) bond motifs is 1. The minimum absolute atomic E-state index is 0.0156. The van der Waals surface area contributed by atoms with E-state index in [1.807, 2.05) is 48.5 Å². The van der Waals surface area contributed by atoms with E-state index in [9.17, 15) is 4.79 Å². The van der Waals surface area contributed by atoms with Gasteiger partial charge >= 0.3 is 0 Å². The molecular formula is C23H23N5O3. The van der Waals surface area contributed by atoms with Crippen molar-refractivity contribution in [2.45, 2.75) is 24.8 Å². The minimum atomic E-state index is -0.351. The molecule has 0 unspecified atom stereocenters. The summed E-state index contributed by atoms with van der Waals surface area (Å²) in [6, 6.07) is 15.3. The Morgan fingerprint density at radius 1 is 1.03 bits per heavy atom. The lowest BCUT2D eigenvalue weighted by atomic mass is 9.78. The number of rotatable bonds is 4. The molecule has 0 saturated heterocycles. The first-order valence-electron chi connectivity index (χ1n) is 10.1. The van der Waals surface area contributed by atoms with Crippen LogP contribution in [0.2, 0.25) is 0 Å². The molecule has 158 valence electrons. The molecule has 0 radical (unpaired) electrons. The first kappa shape index (κ1) is 19.2. The molecule has 0 saturated carbocycles. The number of ether oxygens (including phenoxy) is 2. The SMILES string of the molecule is COc1ccc([C@H]2CC(=O)C3=C(C2)Nc2nc(N)nn2[C@@H]3c2ccccc2)cc1OC. The van der Waals surface area contributed by atoms with E-state index in [0.717, 1.165) is 22.4 Å². The summed E-state index contributed by atoms with van der Waals surface area (Å²) < 4.78 is 12.5. The Labute approximate surface area is 179 Å². The van der Waals surface area contributed by atoms with Gasteiger partial charge in [0.25, 0.3) is 0 Å². The molecule has 0 spiro atoms. The molecule has 1 aliphatic carbocycles. The second kappa shape index (κ2) is 7.46. The molecule has 0 bridgehead atoms. The molecule has 2 heterocycles. The molecule has 31 heavy (non-hydrogen) atoms. The number of ketones is 1. The molecule has 3 N–H and O–H groups in total. The summed E-state index contributed by atoms with van der Waals surface area (Å²) in [6.45, 7) is 0. The maximum absolute atomic E-state index is 13.4. The highest BCUT2D eigenvalue weighted by atomic mass is 16.5. The number of benzene rings is 2. The molecule has 5 rings (SSSR count). The molecule has 2 aromatic carbocycles. The fourth-order valence-corrected chi connectivity index (χ4v) is 4.51. The third kappa shape index (κ3) is 3.20. The van der Waals surface area contributed by atoms with Crippen molar-refractivity contribution >= 4 is 17.7 Å². The Morgan fingerprint density at radius 2 is 1.81 bits per heavy atom. The topological polar surface area (TPSA) is 104 Å². The number of nitrogen functional groups attached to an aromatic ring is 1. The average Bonchev–Trinajstić information content (AvgIpc) is 3.17. The van der Waals surface area contributed by atoms with Crippen LogP contribution < -0.4 is 20.5 Å². The van der Waals surface area contributed by atoms with Crippen LogP contribution >= 0.6 is 0 Å². The van der Waals surface area contributed by atoms with E-state index in [1.54, 1.807) is 18.9 Å². The largest absolute Gasteiger partial charge is 0.493 e. The van der Waals surface area contributed by atoms with Crippen LogP contribution in [0.3, 0.4) is 0 Å². The fraction of sp³-hybridized carbons (Fsp3) is 0.261. The monoisotopic (exact) mass is 417 g/mol. The number of hydrogen-bond donors (Lipinski definition) is 2. The van der Waals surface area contributed by atoms with E-state index in [4.69, 9.17) is 15.2 Å². The zero-order valence-corrected chi connectivity index (χ0v) is 17.3. The molecule has 1 aliphatic heterocycles. The number of carbonyl (C=O) groups excluding carboxylic acids is 1. The Balaban J connectivity index is 1.57. The van der Waals surface area contributed by atoms with Gasteiger partial charge in [0, 0.05) is 17.7 Å². The number of aromatic nitrogens is 3. The molecule has 2 atom stereocenters. The van der Waals surface area contributed by atoms with Crippen LogP contribution in [0, 0.1) is 0 Å². The van der Waals surface area contributed by atoms with Crippen molar-refractivity contribution in [3.63, 3.8) is 0 Å². The fourth-order valence-electron chi connectivity index (χ4n) is 4.51. The normalized spacial score (nSPS) is 20.0. The average molecular weight is 417 g/mol. The van der Waals surface area contributed by atoms with Gasteiger partial charge in [0.1, 0.15) is 6.04 Å². The number of carbonyl (C=O) groups is 1. The second-order valence-electron chi connectivity index (χ2n) is 7.71. The van der Waals surface area contributed by atoms with E-state index in [1.165, 1.54) is 0 Å². The van der Waals surface area contributed by atoms with E-state index >= 15 is 0 Å². The highest BCUT2D eigenvalue weighted by Crippen LogP contribution is 2.45. The lowest BCUT2D eigenvalue weighted by Gasteiger charge is -2.35. The van der Waals surface area contributed by atoms with Crippen molar-refractivity contribution in [2.75, 3.05) is 25.3 Å². The Bertz CT molecular complexity index is 1190. The van der Waals surface area contributed by atoms with Crippen LogP contribution in [0.15, 0.2) is 59.8 Å². The van der Waals surface area contributed by atoms with Gasteiger partial charge < -0.3 is 20.5 Å². The van der Waals surface area contributed by atoms with Gasteiger partial charge in [-0.3, -0.25) is 4.79 Å². The summed E-state index contributed by atoms with van der Waals surface area (Å²) in [5, 5.41) is 7.67. The van der Waals surface area contributed by atoms with Gasteiger partial charge in [0.2, 0.25) is 11.9 Å². The van der Waals surface area contributed by atoms with Gasteiger partial charge in [-0.1, -0.05) is 36.4 Å². The second-order valence-corrected chi connectivity index (χ2v) is 7.71. The molecule has 8 nitrogen and oxygen atoms in total. The van der Waals surface area contributed by atoms with Crippen LogP contribution in [-0.2, 0) is 4.79 Å². The summed E-state index contributed by atoms with van der Waals surface area (Å²) >= 11 is 0. The van der Waals surface area contributed by atoms with E-state index in [-0.39, 0.29) is 23.7 Å². The summed E-state index contributed by atoms with van der Waals surface area (Å²) in [7, 11) is 3.22. The lowest BCUT2D eigenvalue weighted by Crippen LogP contribution is -2.33. The molecule has 8 heteroatoms. The molecule has 0 amide bonds. The maximum Gasteiger partial charge on any atom is 0.241 e. The highest BCUT2D eigenvalue weighted by Gasteiger charge is 2.39. The van der Waals surface area contributed by atoms with Crippen molar-refractivity contribution in [1.82, 2.24) is 14.8 Å². The summed E-state index contributed by atoms with van der Waals surface area (Å²) in [5.41, 5.74) is 9.48. The molecule has 3 aromatic rings. The number of anilines is 2. The number of nitrogens with two attached hydrogens (primary N) is 1. The number of nitrogens with one attached hydrogen (secondary N) is 1. The predicted molar refractivity (Wildman–Crippen MR) is 116 cm³/mol. The van der Waals surface area contributed by atoms with Gasteiger partial charge in [-0.2, -0.15) is 4.98 Å². The number of allylic oxidation sites excluding steroid dienone is 2. The Morgan fingerprint density at radius 3 is 2.55 bits per heavy atom. The molecule has 0 fully saturated rings. The smallest absolute Gasteiger partial charge is 0.241 e. The van der Waals surface area contributed by atoms with Crippen molar-refractivity contribution in [3.05, 3.63) is 70.9 Å². The van der Waals surface area contributed by atoms with E-state index in [2.05, 4.69) is 15.4 Å². The van der Waals surface area contributed by atoms with E-state index < -0.39 is 0 Å². The number of nitrogens with zero attached hydrogens (tertiary/aromatic N) is 3. The Hall–Kier alpha value is -3.81. The zero-order valence-electron chi connectivity index (χ0n) is 17.3. The number of methoxy groups -OCH3 is 2. The number of hydrogen-bond acceptors (Lipinski definition) is 7. The van der Waals surface area contributed by atoms with Crippen molar-refractivity contribution in [2.24, 2.45) is 0 Å². The van der Waals surface area contributed by atoms with Crippen LogP contribution in [0.25, 0.3) is 0 Å². The van der Waals surface area contributed by atoms with Gasteiger partial charge in [-0.05, 0) is 35.6 Å². The third-order valence-corrected chi connectivity index (χ3v) is 5.93. The van der Waals surface area contributed by atoms with Crippen LogP contribution in [0.4, 0.5) is 11.9 Å². The van der Waals surface area contributed by atoms with Crippen molar-refractivity contribution in [3.8, 4) is 11.5 Å². The third-order valence-electron chi connectivity index (χ3n) is 5.93. The first-order valence-corrected chi connectivity index (χ1v) is 10.1. The van der Waals surface area contributed by atoms with Crippen molar-refractivity contribution < 1.29 is 14.3 Å². The van der Waals surface area contributed by atoms with Crippen LogP contribution in [0.5, 0.6) is 11.5 Å². The van der Waals surface area contributed by atoms with Crippen LogP contribution in [0.1, 0.15) is 35.9 Å². The van der Waals surface area contributed by atoms with E-state index in [0.29, 0.717) is 30.3 Å². The zero-order chi connectivity index (χ0) is 21.5. The maximum atomic E-state index is 13.4. The molecular weight excluding hydrogens is 394 g/mol. The van der Waals surface area contributed by atoms with Gasteiger partial charge in [-0.25, -0.2) is 4.68 Å². The van der Waals surface area contributed by atoms with Gasteiger partial charge in [0.05, 0.1) is 14.2 Å². The number of Topliss-reactive ketones (excluding diaryl/α,β-unsaturated/α-hetero) is 1. The van der Waals surface area contributed by atoms with Crippen LogP contribution in [-0.4, -0.2) is 34.8 Å². The standard InChI is InChI=1S/C23H23N5O3/c1-30-18-9-8-14(12-19(18)31-2)15-10-16-20(17(29)11-15)21(13-6-4-3-5-7-13)28-23(25-16)26-22(24)27-28/h3-9,12,15,21H,10-11H2,1-2H3,(H3,24,25,26,27)/t15-,21-/m1/s1. The highest BCUT2D eigenvalue weighted by molar-refractivity contribution is 6.00. The summed E-state index contributed by atoms with van der Waals surface area (Å²) in [5.74, 6) is 2.14. The molecule has 1 aromatic heterocycles.